The third-order valence-corrected chi connectivity index (χ3v) is 9.61. The number of alkyl halides is 3. The molecule has 210 valence electrons. The first-order valence-corrected chi connectivity index (χ1v) is 13.8. The van der Waals surface area contributed by atoms with Crippen LogP contribution in [0.15, 0.2) is 18.3 Å². The number of aromatic nitrogens is 1. The van der Waals surface area contributed by atoms with Crippen LogP contribution < -0.4 is 10.2 Å². The van der Waals surface area contributed by atoms with Gasteiger partial charge < -0.3 is 29.3 Å². The molecule has 5 aliphatic rings. The average Bonchev–Trinajstić information content (AvgIpc) is 3.72. The summed E-state index contributed by atoms with van der Waals surface area (Å²) in [5.41, 5.74) is -1.16. The number of fused-ring (bicyclic) bond motifs is 2. The molecule has 7 atom stereocenters. The molecule has 4 saturated heterocycles. The Morgan fingerprint density at radius 1 is 1.16 bits per heavy atom. The summed E-state index contributed by atoms with van der Waals surface area (Å²) in [6.07, 6.45) is 1.89. The van der Waals surface area contributed by atoms with Crippen LogP contribution in [-0.4, -0.2) is 92.7 Å². The lowest BCUT2D eigenvalue weighted by Gasteiger charge is -2.42. The van der Waals surface area contributed by atoms with Gasteiger partial charge in [-0.3, -0.25) is 4.79 Å². The quantitative estimate of drug-likeness (QED) is 0.597. The van der Waals surface area contributed by atoms with Crippen molar-refractivity contribution in [3.05, 3.63) is 23.9 Å². The maximum atomic E-state index is 14.3. The third-order valence-electron chi connectivity index (χ3n) is 9.61. The smallest absolute Gasteiger partial charge is 0.381 e. The summed E-state index contributed by atoms with van der Waals surface area (Å²) in [6.45, 7) is 3.62. The van der Waals surface area contributed by atoms with Crippen LogP contribution in [-0.2, 0) is 25.2 Å². The number of piperazine rings is 1. The van der Waals surface area contributed by atoms with E-state index in [-0.39, 0.29) is 42.1 Å². The molecule has 1 aromatic rings. The van der Waals surface area contributed by atoms with E-state index < -0.39 is 17.2 Å². The Balaban J connectivity index is 1.16. The molecule has 1 saturated carbocycles. The Morgan fingerprint density at radius 2 is 1.97 bits per heavy atom. The van der Waals surface area contributed by atoms with Crippen molar-refractivity contribution in [2.45, 2.75) is 75.0 Å². The molecule has 1 unspecified atom stereocenters. The van der Waals surface area contributed by atoms with E-state index in [1.165, 1.54) is 6.20 Å². The molecule has 0 radical (unpaired) electrons. The molecule has 6 rings (SSSR count). The molecular formula is C27H37F3N4O4. The van der Waals surface area contributed by atoms with Gasteiger partial charge in [-0.1, -0.05) is 0 Å². The maximum absolute atomic E-state index is 14.3. The third kappa shape index (κ3) is 4.69. The Bertz CT molecular complexity index is 1020. The minimum atomic E-state index is -4.41. The number of nitrogens with zero attached hydrogens (tertiary/aromatic N) is 3. The predicted molar refractivity (Wildman–Crippen MR) is 133 cm³/mol. The number of rotatable bonds is 6. The Hall–Kier alpha value is -1.95. The van der Waals surface area contributed by atoms with E-state index in [0.29, 0.717) is 45.3 Å². The summed E-state index contributed by atoms with van der Waals surface area (Å²) in [5, 5.41) is 3.80. The van der Waals surface area contributed by atoms with Crippen LogP contribution in [0, 0.1) is 11.3 Å². The lowest BCUT2D eigenvalue weighted by Crippen LogP contribution is -2.55. The summed E-state index contributed by atoms with van der Waals surface area (Å²) in [7, 11) is 1.72. The summed E-state index contributed by atoms with van der Waals surface area (Å²) < 4.78 is 56.8. The lowest BCUT2D eigenvalue weighted by molar-refractivity contribution is -0.147. The normalized spacial score (nSPS) is 37.4. The van der Waals surface area contributed by atoms with Crippen molar-refractivity contribution in [1.82, 2.24) is 15.2 Å². The Morgan fingerprint density at radius 3 is 2.68 bits per heavy atom. The van der Waals surface area contributed by atoms with Gasteiger partial charge in [0, 0.05) is 51.7 Å². The van der Waals surface area contributed by atoms with Gasteiger partial charge in [0.2, 0.25) is 5.91 Å². The number of hydrogen-bond acceptors (Lipinski definition) is 7. The Labute approximate surface area is 221 Å². The van der Waals surface area contributed by atoms with Crippen molar-refractivity contribution in [2.75, 3.05) is 51.5 Å². The van der Waals surface area contributed by atoms with E-state index in [4.69, 9.17) is 14.2 Å². The molecule has 1 aliphatic carbocycles. The molecule has 5 fully saturated rings. The molecule has 1 amide bonds. The minimum Gasteiger partial charge on any atom is -0.381 e. The van der Waals surface area contributed by atoms with Gasteiger partial charge >= 0.3 is 6.18 Å². The van der Waals surface area contributed by atoms with Crippen LogP contribution in [0.5, 0.6) is 0 Å². The van der Waals surface area contributed by atoms with Gasteiger partial charge in [0.1, 0.15) is 5.82 Å². The summed E-state index contributed by atoms with van der Waals surface area (Å²) in [6, 6.07) is 2.54. The van der Waals surface area contributed by atoms with E-state index in [9.17, 15) is 18.0 Å². The summed E-state index contributed by atoms with van der Waals surface area (Å²) in [4.78, 5) is 22.6. The van der Waals surface area contributed by atoms with Crippen molar-refractivity contribution >= 4 is 11.7 Å². The van der Waals surface area contributed by atoms with Crippen LogP contribution in [0.2, 0.25) is 0 Å². The van der Waals surface area contributed by atoms with Crippen molar-refractivity contribution in [3.8, 4) is 0 Å². The fraction of sp³-hybridized carbons (Fsp3) is 0.778. The fourth-order valence-corrected chi connectivity index (χ4v) is 7.60. The zero-order valence-corrected chi connectivity index (χ0v) is 21.8. The van der Waals surface area contributed by atoms with E-state index in [1.54, 1.807) is 7.11 Å². The van der Waals surface area contributed by atoms with Crippen LogP contribution in [0.4, 0.5) is 19.0 Å². The number of carbonyl (C=O) groups excluding carboxylic acids is 1. The highest BCUT2D eigenvalue weighted by Gasteiger charge is 2.57. The van der Waals surface area contributed by atoms with Gasteiger partial charge in [-0.05, 0) is 56.6 Å². The zero-order chi connectivity index (χ0) is 26.5. The van der Waals surface area contributed by atoms with Crippen molar-refractivity contribution < 1.29 is 32.2 Å². The number of hydrogen-bond donors (Lipinski definition) is 1. The Kier molecular flexibility index (Phi) is 7.07. The molecule has 4 aliphatic heterocycles. The number of likely N-dealkylation sites (tertiary alicyclic amines) is 1. The fourth-order valence-electron chi connectivity index (χ4n) is 7.60. The second-order valence-corrected chi connectivity index (χ2v) is 11.6. The first-order chi connectivity index (χ1) is 18.3. The number of halogens is 3. The first kappa shape index (κ1) is 26.3. The van der Waals surface area contributed by atoms with Gasteiger partial charge in [-0.2, -0.15) is 13.2 Å². The number of amides is 1. The van der Waals surface area contributed by atoms with Crippen LogP contribution in [0.3, 0.4) is 0 Å². The number of nitrogens with one attached hydrogen (secondary N) is 1. The van der Waals surface area contributed by atoms with Gasteiger partial charge in [0.25, 0.3) is 0 Å². The number of pyridine rings is 1. The predicted octanol–water partition coefficient (Wildman–Crippen LogP) is 2.86. The monoisotopic (exact) mass is 538 g/mol. The van der Waals surface area contributed by atoms with Gasteiger partial charge in [-0.15, -0.1) is 0 Å². The van der Waals surface area contributed by atoms with E-state index in [0.717, 1.165) is 50.7 Å². The maximum Gasteiger partial charge on any atom is 0.416 e. The van der Waals surface area contributed by atoms with E-state index >= 15 is 0 Å². The minimum absolute atomic E-state index is 0.00835. The van der Waals surface area contributed by atoms with Crippen molar-refractivity contribution in [2.24, 2.45) is 11.3 Å². The highest BCUT2D eigenvalue weighted by molar-refractivity contribution is 5.85. The number of ether oxygens (including phenoxy) is 3. The van der Waals surface area contributed by atoms with Gasteiger partial charge in [0.15, 0.2) is 0 Å². The molecular weight excluding hydrogens is 501 g/mol. The molecule has 0 aromatic carbocycles. The van der Waals surface area contributed by atoms with E-state index in [1.807, 2.05) is 9.80 Å². The molecule has 2 bridgehead atoms. The molecule has 8 nitrogen and oxygen atoms in total. The van der Waals surface area contributed by atoms with E-state index in [2.05, 4.69) is 10.3 Å². The topological polar surface area (TPSA) is 76.2 Å². The summed E-state index contributed by atoms with van der Waals surface area (Å²) in [5.74, 6) is 0.736. The number of anilines is 1. The zero-order valence-electron chi connectivity index (χ0n) is 21.8. The second-order valence-electron chi connectivity index (χ2n) is 11.6. The summed E-state index contributed by atoms with van der Waals surface area (Å²) >= 11 is 0. The second kappa shape index (κ2) is 10.2. The van der Waals surface area contributed by atoms with Crippen molar-refractivity contribution in [3.63, 3.8) is 0 Å². The largest absolute Gasteiger partial charge is 0.416 e. The van der Waals surface area contributed by atoms with Crippen LogP contribution >= 0.6 is 0 Å². The van der Waals surface area contributed by atoms with Gasteiger partial charge in [0.05, 0.1) is 42.4 Å². The molecule has 38 heavy (non-hydrogen) atoms. The van der Waals surface area contributed by atoms with Crippen molar-refractivity contribution in [1.29, 1.82) is 0 Å². The average molecular weight is 539 g/mol. The SMILES string of the molecule is CO[C@@H]1COCC[C@@H]1N[C@@H]1CC[C@@](C(=O)N2C[C@@H]3C[C@H]2CN3c2cc(C(F)(F)F)ccn2)(C2CCOC2)C1. The molecule has 1 aromatic heterocycles. The first-order valence-electron chi connectivity index (χ1n) is 13.8. The molecule has 1 N–H and O–H groups in total. The highest BCUT2D eigenvalue weighted by Crippen LogP contribution is 2.51. The standard InChI is InChI=1S/C27H37F3N4O4/c1-36-23-16-38-9-5-22(23)32-19-2-6-26(12-19,18-4-8-37-15-18)25(35)34-14-20-11-21(34)13-33(20)24-10-17(3-7-31-24)27(28,29)30/h3,7,10,18-23,32H,2,4-6,8-9,11-16H2,1H3/t18?,19-,20+,21+,22+,23-,26+/m1/s1. The molecule has 5 heterocycles. The molecule has 11 heteroatoms. The molecule has 0 spiro atoms. The van der Waals surface area contributed by atoms with Gasteiger partial charge in [-0.25, -0.2) is 4.98 Å². The number of methoxy groups -OCH3 is 1. The van der Waals surface area contributed by atoms with Crippen LogP contribution in [0.25, 0.3) is 0 Å². The lowest BCUT2D eigenvalue weighted by atomic mass is 9.71. The van der Waals surface area contributed by atoms with Crippen LogP contribution in [0.1, 0.15) is 44.1 Å². The number of carbonyl (C=O) groups is 1. The highest BCUT2D eigenvalue weighted by atomic mass is 19.4.